The van der Waals surface area contributed by atoms with Crippen LogP contribution in [-0.4, -0.2) is 18.3 Å². The van der Waals surface area contributed by atoms with Crippen LogP contribution in [0.15, 0.2) is 28.6 Å². The average molecular weight is 314 g/mol. The third-order valence-electron chi connectivity index (χ3n) is 2.46. The minimum Gasteiger partial charge on any atom is -0.393 e. The topological polar surface area (TPSA) is 128 Å². The largest absolute Gasteiger partial charge is 0.393 e. The van der Waals surface area contributed by atoms with Crippen LogP contribution in [0.25, 0.3) is 0 Å². The van der Waals surface area contributed by atoms with Gasteiger partial charge in [0.05, 0.1) is 9.82 Å². The molecule has 2 aromatic rings. The smallest absolute Gasteiger partial charge is 0.293 e. The molecule has 0 bridgehead atoms. The summed E-state index contributed by atoms with van der Waals surface area (Å²) in [6.07, 6.45) is 1.45. The highest BCUT2D eigenvalue weighted by molar-refractivity contribution is 7.93. The number of nitrogen functional groups attached to an aromatic ring is 1. The Morgan fingerprint density at radius 2 is 2.15 bits per heavy atom. The monoisotopic (exact) mass is 314 g/mol. The molecular weight excluding hydrogens is 304 g/mol. The molecule has 0 atom stereocenters. The zero-order chi connectivity index (χ0) is 14.9. The van der Waals surface area contributed by atoms with Crippen molar-refractivity contribution >= 4 is 37.9 Å². The van der Waals surface area contributed by atoms with Gasteiger partial charge in [0.2, 0.25) is 0 Å². The molecule has 2 rings (SSSR count). The van der Waals surface area contributed by atoms with Crippen LogP contribution < -0.4 is 10.5 Å². The van der Waals surface area contributed by atoms with E-state index in [0.717, 1.165) is 17.4 Å². The lowest BCUT2D eigenvalue weighted by Crippen LogP contribution is -2.15. The molecule has 0 spiro atoms. The number of hydrogen-bond donors (Lipinski definition) is 2. The molecule has 0 unspecified atom stereocenters. The maximum absolute atomic E-state index is 12.2. The van der Waals surface area contributed by atoms with Crippen molar-refractivity contribution in [3.63, 3.8) is 0 Å². The molecule has 106 valence electrons. The van der Waals surface area contributed by atoms with Gasteiger partial charge < -0.3 is 5.73 Å². The van der Waals surface area contributed by atoms with Crippen LogP contribution in [0.4, 0.5) is 16.5 Å². The Kier molecular flexibility index (Phi) is 3.59. The van der Waals surface area contributed by atoms with Crippen molar-refractivity contribution < 1.29 is 13.3 Å². The Balaban J connectivity index is 2.51. The summed E-state index contributed by atoms with van der Waals surface area (Å²) in [5, 5.41) is 12.6. The molecule has 0 amide bonds. The second-order valence-corrected chi connectivity index (χ2v) is 6.42. The van der Waals surface area contributed by atoms with E-state index in [-0.39, 0.29) is 15.7 Å². The molecule has 0 radical (unpaired) electrons. The molecule has 1 aromatic carbocycles. The van der Waals surface area contributed by atoms with E-state index in [2.05, 4.69) is 9.71 Å². The van der Waals surface area contributed by atoms with E-state index in [1.165, 1.54) is 19.2 Å². The van der Waals surface area contributed by atoms with Crippen molar-refractivity contribution in [3.05, 3.63) is 39.4 Å². The van der Waals surface area contributed by atoms with Gasteiger partial charge in [-0.1, -0.05) is 0 Å². The lowest BCUT2D eigenvalue weighted by molar-refractivity contribution is -0.384. The second-order valence-electron chi connectivity index (χ2n) is 3.88. The highest BCUT2D eigenvalue weighted by Crippen LogP contribution is 2.29. The summed E-state index contributed by atoms with van der Waals surface area (Å²) in [5.41, 5.74) is 5.29. The fourth-order valence-electron chi connectivity index (χ4n) is 1.59. The Morgan fingerprint density at radius 3 is 2.70 bits per heavy atom. The fraction of sp³-hybridized carbons (Fsp3) is 0.100. The highest BCUT2D eigenvalue weighted by Gasteiger charge is 2.23. The van der Waals surface area contributed by atoms with E-state index < -0.39 is 20.6 Å². The van der Waals surface area contributed by atoms with E-state index in [9.17, 15) is 18.5 Å². The summed E-state index contributed by atoms with van der Waals surface area (Å²) in [7, 11) is -3.95. The van der Waals surface area contributed by atoms with Gasteiger partial charge >= 0.3 is 0 Å². The minimum atomic E-state index is -3.95. The number of aryl methyl sites for hydroxylation is 1. The Hall–Kier alpha value is -2.20. The van der Waals surface area contributed by atoms with Crippen molar-refractivity contribution in [1.82, 2.24) is 4.98 Å². The van der Waals surface area contributed by atoms with Gasteiger partial charge in [-0.05, 0) is 18.6 Å². The first kappa shape index (κ1) is 14.2. The van der Waals surface area contributed by atoms with Crippen LogP contribution in [0, 0.1) is 17.0 Å². The summed E-state index contributed by atoms with van der Waals surface area (Å²) in [5.74, 6) is 0. The zero-order valence-corrected chi connectivity index (χ0v) is 11.9. The normalized spacial score (nSPS) is 11.2. The first-order valence-electron chi connectivity index (χ1n) is 5.28. The van der Waals surface area contributed by atoms with Crippen molar-refractivity contribution in [2.24, 2.45) is 0 Å². The average Bonchev–Trinajstić information content (AvgIpc) is 2.79. The Labute approximate surface area is 118 Å². The molecule has 0 aliphatic rings. The maximum Gasteiger partial charge on any atom is 0.293 e. The van der Waals surface area contributed by atoms with E-state index in [4.69, 9.17) is 5.73 Å². The molecule has 1 aromatic heterocycles. The zero-order valence-electron chi connectivity index (χ0n) is 10.2. The predicted octanol–water partition coefficient (Wildman–Crippen LogP) is 1.74. The van der Waals surface area contributed by atoms with Crippen LogP contribution in [0.3, 0.4) is 0 Å². The Bertz CT molecular complexity index is 756. The van der Waals surface area contributed by atoms with Crippen LogP contribution in [0.2, 0.25) is 0 Å². The number of aromatic nitrogens is 1. The van der Waals surface area contributed by atoms with Crippen LogP contribution >= 0.6 is 11.3 Å². The van der Waals surface area contributed by atoms with Crippen LogP contribution in [0.5, 0.6) is 0 Å². The first-order valence-corrected chi connectivity index (χ1v) is 7.64. The van der Waals surface area contributed by atoms with Gasteiger partial charge in [0.1, 0.15) is 5.69 Å². The second kappa shape index (κ2) is 5.06. The quantitative estimate of drug-likeness (QED) is 0.502. The number of nitro benzene ring substituents is 1. The number of nitrogens with two attached hydrogens (primary N) is 1. The van der Waals surface area contributed by atoms with Gasteiger partial charge in [-0.2, -0.15) is 0 Å². The lowest BCUT2D eigenvalue weighted by atomic mass is 10.2. The molecule has 0 saturated carbocycles. The number of thiazole rings is 1. The van der Waals surface area contributed by atoms with Gasteiger partial charge in [0.25, 0.3) is 15.7 Å². The van der Waals surface area contributed by atoms with Crippen molar-refractivity contribution in [2.75, 3.05) is 10.5 Å². The van der Waals surface area contributed by atoms with Gasteiger partial charge in [-0.15, -0.1) is 11.3 Å². The molecule has 3 N–H and O–H groups in total. The third-order valence-corrected chi connectivity index (χ3v) is 4.76. The van der Waals surface area contributed by atoms with Crippen molar-refractivity contribution in [3.8, 4) is 0 Å². The number of sulfonamides is 1. The number of hydrogen-bond acceptors (Lipinski definition) is 7. The fourth-order valence-corrected chi connectivity index (χ4v) is 3.63. The van der Waals surface area contributed by atoms with Crippen molar-refractivity contribution in [2.45, 2.75) is 11.8 Å². The minimum absolute atomic E-state index is 0.0827. The lowest BCUT2D eigenvalue weighted by Gasteiger charge is -2.09. The van der Waals surface area contributed by atoms with Crippen molar-refractivity contribution in [1.29, 1.82) is 0 Å². The number of rotatable bonds is 4. The number of nitrogens with zero attached hydrogens (tertiary/aromatic N) is 2. The van der Waals surface area contributed by atoms with Gasteiger partial charge in [-0.25, -0.2) is 13.4 Å². The molecule has 0 aliphatic carbocycles. The number of benzene rings is 1. The molecule has 1 heterocycles. The number of nitro groups is 1. The predicted molar refractivity (Wildman–Crippen MR) is 75.2 cm³/mol. The first-order chi connectivity index (χ1) is 9.31. The molecule has 8 nitrogen and oxygen atoms in total. The van der Waals surface area contributed by atoms with E-state index >= 15 is 0 Å². The van der Waals surface area contributed by atoms with E-state index in [1.54, 1.807) is 5.38 Å². The Morgan fingerprint density at radius 1 is 1.45 bits per heavy atom. The summed E-state index contributed by atoms with van der Waals surface area (Å²) in [4.78, 5) is 13.7. The summed E-state index contributed by atoms with van der Waals surface area (Å²) in [6.45, 7) is 1.51. The van der Waals surface area contributed by atoms with Crippen LogP contribution in [0.1, 0.15) is 5.56 Å². The van der Waals surface area contributed by atoms with Gasteiger partial charge in [0.15, 0.2) is 5.13 Å². The molecule has 0 saturated heterocycles. The standard InChI is InChI=1S/C10H10N4O4S2/c1-6-4-7(11)8(14(15)16)5-9(6)20(17,18)13-10-12-2-3-19-10/h2-5H,11H2,1H3,(H,12,13). The van der Waals surface area contributed by atoms with E-state index in [1.807, 2.05) is 0 Å². The molecule has 20 heavy (non-hydrogen) atoms. The SMILES string of the molecule is Cc1cc(N)c([N+](=O)[O-])cc1S(=O)(=O)Nc1nccs1. The van der Waals surface area contributed by atoms with Gasteiger partial charge in [-0.3, -0.25) is 14.8 Å². The molecular formula is C10H10N4O4S2. The maximum atomic E-state index is 12.2. The number of anilines is 2. The summed E-state index contributed by atoms with van der Waals surface area (Å²) < 4.78 is 26.7. The molecule has 0 fully saturated rings. The highest BCUT2D eigenvalue weighted by atomic mass is 32.2. The summed E-state index contributed by atoms with van der Waals surface area (Å²) in [6, 6.07) is 2.20. The molecule has 0 aliphatic heterocycles. The van der Waals surface area contributed by atoms with Crippen LogP contribution in [-0.2, 0) is 10.0 Å². The molecule has 10 heteroatoms. The summed E-state index contributed by atoms with van der Waals surface area (Å²) >= 11 is 1.10. The number of nitrogens with one attached hydrogen (secondary N) is 1. The van der Waals surface area contributed by atoms with E-state index in [0.29, 0.717) is 5.56 Å². The third kappa shape index (κ3) is 2.70. The van der Waals surface area contributed by atoms with Gasteiger partial charge in [0, 0.05) is 17.6 Å².